The molecule has 0 unspecified atom stereocenters. The zero-order valence-corrected chi connectivity index (χ0v) is 14.5. The third-order valence-corrected chi connectivity index (χ3v) is 5.27. The van der Waals surface area contributed by atoms with E-state index in [9.17, 15) is 0 Å². The quantitative estimate of drug-likeness (QED) is 0.479. The van der Waals surface area contributed by atoms with Crippen LogP contribution in [0.3, 0.4) is 0 Å². The van der Waals surface area contributed by atoms with Gasteiger partial charge in [-0.25, -0.2) is 0 Å². The number of nitrogens with zero attached hydrogens (tertiary/aromatic N) is 3. The van der Waals surface area contributed by atoms with Crippen LogP contribution < -0.4 is 9.80 Å². The first-order chi connectivity index (χ1) is 12.2. The number of hydrogen-bond donors (Lipinski definition) is 0. The van der Waals surface area contributed by atoms with Gasteiger partial charge in [0, 0.05) is 18.6 Å². The summed E-state index contributed by atoms with van der Waals surface area (Å²) < 4.78 is 6.25. The first-order valence-electron chi connectivity index (χ1n) is 8.55. The van der Waals surface area contributed by atoms with Crippen molar-refractivity contribution in [3.05, 3.63) is 60.3 Å². The van der Waals surface area contributed by atoms with Crippen LogP contribution in [-0.2, 0) is 0 Å². The molecule has 0 N–H and O–H groups in total. The maximum Gasteiger partial charge on any atom is 0.161 e. The van der Waals surface area contributed by atoms with Gasteiger partial charge >= 0.3 is 0 Å². The molecule has 0 fully saturated rings. The van der Waals surface area contributed by atoms with Gasteiger partial charge in [0.05, 0.1) is 17.1 Å². The van der Waals surface area contributed by atoms with Crippen LogP contribution in [0.2, 0.25) is 0 Å². The number of anilines is 3. The molecule has 2 aromatic heterocycles. The maximum atomic E-state index is 6.25. The molecule has 0 spiro atoms. The smallest absolute Gasteiger partial charge is 0.161 e. The highest BCUT2D eigenvalue weighted by Crippen LogP contribution is 2.47. The van der Waals surface area contributed by atoms with Gasteiger partial charge in [0.2, 0.25) is 0 Å². The minimum atomic E-state index is 0.211. The summed E-state index contributed by atoms with van der Waals surface area (Å²) in [6.07, 6.45) is 2.03. The molecule has 0 saturated carbocycles. The number of pyridine rings is 1. The lowest BCUT2D eigenvalue weighted by Gasteiger charge is -2.29. The van der Waals surface area contributed by atoms with E-state index >= 15 is 0 Å². The largest absolute Gasteiger partial charge is 0.452 e. The maximum absolute atomic E-state index is 6.25. The van der Waals surface area contributed by atoms with E-state index in [0.717, 1.165) is 27.8 Å². The van der Waals surface area contributed by atoms with Crippen molar-refractivity contribution in [2.45, 2.75) is 20.0 Å². The van der Waals surface area contributed by atoms with Crippen LogP contribution in [0.25, 0.3) is 22.1 Å². The molecule has 1 aliphatic rings. The second kappa shape index (κ2) is 4.99. The van der Waals surface area contributed by atoms with Gasteiger partial charge in [-0.3, -0.25) is 4.98 Å². The van der Waals surface area contributed by atoms with Gasteiger partial charge in [-0.2, -0.15) is 0 Å². The van der Waals surface area contributed by atoms with Crippen molar-refractivity contribution in [2.75, 3.05) is 16.8 Å². The summed E-state index contributed by atoms with van der Waals surface area (Å²) in [6.45, 7) is 4.36. The Bertz CT molecular complexity index is 1110. The van der Waals surface area contributed by atoms with Crippen LogP contribution in [-0.4, -0.2) is 18.2 Å². The van der Waals surface area contributed by atoms with E-state index in [1.54, 1.807) is 0 Å². The lowest BCUT2D eigenvalue weighted by atomic mass is 10.1. The summed E-state index contributed by atoms with van der Waals surface area (Å²) in [5.74, 6) is 0. The second-order valence-corrected chi connectivity index (χ2v) is 6.66. The predicted molar refractivity (Wildman–Crippen MR) is 103 cm³/mol. The molecule has 5 rings (SSSR count). The minimum Gasteiger partial charge on any atom is -0.452 e. The lowest BCUT2D eigenvalue weighted by molar-refractivity contribution is 0.660. The molecular formula is C21H19N3O. The standard InChI is InChI=1S/C21H19N3O/c1-13-10-11-15-19-18(9-6-12-22-19)25-21(15)20(13)24-14(2)23(3)16-7-4-5-8-17(16)24/h4-12,14H,1-3H3/t14-/m0/s1. The van der Waals surface area contributed by atoms with Crippen molar-refractivity contribution in [1.29, 1.82) is 0 Å². The minimum absolute atomic E-state index is 0.211. The van der Waals surface area contributed by atoms with Crippen molar-refractivity contribution in [3.63, 3.8) is 0 Å². The molecule has 4 aromatic rings. The zero-order chi connectivity index (χ0) is 17.1. The van der Waals surface area contributed by atoms with Gasteiger partial charge < -0.3 is 14.2 Å². The van der Waals surface area contributed by atoms with Crippen LogP contribution in [0.4, 0.5) is 17.1 Å². The van der Waals surface area contributed by atoms with Crippen LogP contribution in [0, 0.1) is 6.92 Å². The van der Waals surface area contributed by atoms with Gasteiger partial charge in [0.15, 0.2) is 11.2 Å². The molecule has 4 heteroatoms. The predicted octanol–water partition coefficient (Wildman–Crippen LogP) is 5.22. The van der Waals surface area contributed by atoms with Crippen LogP contribution in [0.1, 0.15) is 12.5 Å². The third-order valence-electron chi connectivity index (χ3n) is 5.27. The Balaban J connectivity index is 1.85. The molecular weight excluding hydrogens is 310 g/mol. The number of rotatable bonds is 1. The Kier molecular flexibility index (Phi) is 2.86. The normalized spacial score (nSPS) is 16.8. The average molecular weight is 329 g/mol. The molecule has 3 heterocycles. The molecule has 1 aliphatic heterocycles. The second-order valence-electron chi connectivity index (χ2n) is 6.66. The zero-order valence-electron chi connectivity index (χ0n) is 14.5. The fourth-order valence-corrected chi connectivity index (χ4v) is 3.89. The van der Waals surface area contributed by atoms with E-state index < -0.39 is 0 Å². The van der Waals surface area contributed by atoms with Gasteiger partial charge in [0.25, 0.3) is 0 Å². The highest BCUT2D eigenvalue weighted by atomic mass is 16.3. The SMILES string of the molecule is Cc1ccc2c(oc3cccnc32)c1N1c2ccccc2N(C)[C@@H]1C. The first kappa shape index (κ1) is 14.3. The fraction of sp³-hybridized carbons (Fsp3) is 0.190. The van der Waals surface area contributed by atoms with Crippen molar-refractivity contribution >= 4 is 39.1 Å². The topological polar surface area (TPSA) is 32.5 Å². The summed E-state index contributed by atoms with van der Waals surface area (Å²) in [6, 6.07) is 16.7. The summed E-state index contributed by atoms with van der Waals surface area (Å²) in [7, 11) is 2.14. The van der Waals surface area contributed by atoms with E-state index in [4.69, 9.17) is 4.42 Å². The Morgan fingerprint density at radius 2 is 1.80 bits per heavy atom. The van der Waals surface area contributed by atoms with Gasteiger partial charge in [-0.05, 0) is 49.7 Å². The third kappa shape index (κ3) is 1.85. The Labute approximate surface area is 146 Å². The first-order valence-corrected chi connectivity index (χ1v) is 8.55. The van der Waals surface area contributed by atoms with E-state index in [1.807, 2.05) is 18.3 Å². The van der Waals surface area contributed by atoms with Gasteiger partial charge in [-0.1, -0.05) is 18.2 Å². The van der Waals surface area contributed by atoms with E-state index in [0.29, 0.717) is 0 Å². The van der Waals surface area contributed by atoms with Crippen LogP contribution >= 0.6 is 0 Å². The van der Waals surface area contributed by atoms with Crippen molar-refractivity contribution in [2.24, 2.45) is 0 Å². The van der Waals surface area contributed by atoms with E-state index in [2.05, 4.69) is 72.1 Å². The Hall–Kier alpha value is -3.01. The van der Waals surface area contributed by atoms with E-state index in [-0.39, 0.29) is 6.17 Å². The Morgan fingerprint density at radius 1 is 1.00 bits per heavy atom. The molecule has 0 amide bonds. The molecule has 25 heavy (non-hydrogen) atoms. The molecule has 0 radical (unpaired) electrons. The number of aromatic nitrogens is 1. The van der Waals surface area contributed by atoms with Gasteiger partial charge in [-0.15, -0.1) is 0 Å². The highest BCUT2D eigenvalue weighted by molar-refractivity contribution is 6.09. The number of hydrogen-bond acceptors (Lipinski definition) is 4. The molecule has 2 aromatic carbocycles. The van der Waals surface area contributed by atoms with Crippen LogP contribution in [0.15, 0.2) is 59.1 Å². The number of aryl methyl sites for hydroxylation is 1. The highest BCUT2D eigenvalue weighted by Gasteiger charge is 2.33. The molecule has 0 saturated heterocycles. The van der Waals surface area contributed by atoms with Crippen molar-refractivity contribution < 1.29 is 4.42 Å². The molecule has 4 nitrogen and oxygen atoms in total. The number of furan rings is 1. The summed E-state index contributed by atoms with van der Waals surface area (Å²) in [5, 5.41) is 1.07. The summed E-state index contributed by atoms with van der Waals surface area (Å²) in [4.78, 5) is 9.19. The molecule has 0 bridgehead atoms. The number of para-hydroxylation sites is 2. The number of fused-ring (bicyclic) bond motifs is 4. The van der Waals surface area contributed by atoms with Crippen LogP contribution in [0.5, 0.6) is 0 Å². The van der Waals surface area contributed by atoms with E-state index in [1.165, 1.54) is 16.9 Å². The average Bonchev–Trinajstić information content (AvgIpc) is 3.12. The lowest BCUT2D eigenvalue weighted by Crippen LogP contribution is -2.36. The van der Waals surface area contributed by atoms with Crippen molar-refractivity contribution in [3.8, 4) is 0 Å². The molecule has 0 aliphatic carbocycles. The molecule has 1 atom stereocenters. The fourth-order valence-electron chi connectivity index (χ4n) is 3.89. The monoisotopic (exact) mass is 329 g/mol. The van der Waals surface area contributed by atoms with Gasteiger partial charge in [0.1, 0.15) is 11.7 Å². The number of benzene rings is 2. The Morgan fingerprint density at radius 3 is 2.64 bits per heavy atom. The summed E-state index contributed by atoms with van der Waals surface area (Å²) in [5.41, 5.74) is 7.43. The van der Waals surface area contributed by atoms with Crippen molar-refractivity contribution in [1.82, 2.24) is 4.98 Å². The molecule has 124 valence electrons. The summed E-state index contributed by atoms with van der Waals surface area (Å²) >= 11 is 0.